The Hall–Kier alpha value is -2.82. The lowest BCUT2D eigenvalue weighted by atomic mass is 10.2. The van der Waals surface area contributed by atoms with E-state index < -0.39 is 46.7 Å². The Kier molecular flexibility index (Phi) is 7.21. The molecule has 1 aromatic carbocycles. The van der Waals surface area contributed by atoms with Crippen LogP contribution in [0.2, 0.25) is 0 Å². The van der Waals surface area contributed by atoms with Crippen molar-refractivity contribution in [3.63, 3.8) is 0 Å². The summed E-state index contributed by atoms with van der Waals surface area (Å²) in [5.41, 5.74) is -0.520. The first-order valence-corrected chi connectivity index (χ1v) is 9.01. The number of carbonyl (C=O) groups excluding carboxylic acids is 2. The van der Waals surface area contributed by atoms with E-state index >= 15 is 0 Å². The van der Waals surface area contributed by atoms with Crippen LogP contribution in [0.5, 0.6) is 0 Å². The zero-order valence-electron chi connectivity index (χ0n) is 15.1. The number of aryl methyl sites for hydroxylation is 1. The molecule has 0 aliphatic rings. The molecule has 1 heterocycles. The van der Waals surface area contributed by atoms with Crippen molar-refractivity contribution in [2.75, 3.05) is 11.9 Å². The molecule has 0 saturated heterocycles. The van der Waals surface area contributed by atoms with Gasteiger partial charge in [-0.1, -0.05) is 17.8 Å². The number of anilines is 1. The van der Waals surface area contributed by atoms with Gasteiger partial charge in [-0.2, -0.15) is 0 Å². The Balaban J connectivity index is 1.90. The lowest BCUT2D eigenvalue weighted by Crippen LogP contribution is -2.37. The van der Waals surface area contributed by atoms with E-state index in [0.717, 1.165) is 17.8 Å². The van der Waals surface area contributed by atoms with Gasteiger partial charge >= 0.3 is 0 Å². The normalized spacial score (nSPS) is 11.8. The first kappa shape index (κ1) is 21.5. The molecule has 11 heteroatoms. The molecule has 0 aliphatic heterocycles. The highest BCUT2D eigenvalue weighted by molar-refractivity contribution is 8.00. The van der Waals surface area contributed by atoms with Gasteiger partial charge < -0.3 is 15.2 Å². The number of halogens is 3. The molecule has 0 aliphatic carbocycles. The fourth-order valence-electron chi connectivity index (χ4n) is 2.13. The van der Waals surface area contributed by atoms with Crippen LogP contribution < -0.4 is 10.6 Å². The Morgan fingerprint density at radius 1 is 1.29 bits per heavy atom. The molecule has 2 N–H and O–H groups in total. The topological polar surface area (TPSA) is 88.9 Å². The van der Waals surface area contributed by atoms with Gasteiger partial charge in [-0.15, -0.1) is 16.8 Å². The van der Waals surface area contributed by atoms with E-state index in [1.165, 1.54) is 0 Å². The predicted octanol–water partition coefficient (Wildman–Crippen LogP) is 2.43. The van der Waals surface area contributed by atoms with Crippen LogP contribution in [0.15, 0.2) is 29.9 Å². The smallest absolute Gasteiger partial charge is 0.243 e. The highest BCUT2D eigenvalue weighted by atomic mass is 32.2. The lowest BCUT2D eigenvalue weighted by Gasteiger charge is -2.13. The minimum atomic E-state index is -1.69. The van der Waals surface area contributed by atoms with E-state index in [-0.39, 0.29) is 0 Å². The number of hydrogen-bond donors (Lipinski definition) is 2. The molecule has 28 heavy (non-hydrogen) atoms. The number of nitrogens with zero attached hydrogens (tertiary/aromatic N) is 3. The standard InChI is InChI=1S/C17H18F3N5O2S/c1-4-7-25-10(3)23-24-17(25)28-9(2)16(27)21-8-13(26)22-12-6-5-11(18)14(19)15(12)20/h4-6,9H,1,7-8H2,2-3H3,(H,21,27)(H,22,26). The number of carbonyl (C=O) groups is 2. The summed E-state index contributed by atoms with van der Waals surface area (Å²) in [6.45, 7) is 7.05. The van der Waals surface area contributed by atoms with Crippen LogP contribution in [0.4, 0.5) is 18.9 Å². The lowest BCUT2D eigenvalue weighted by molar-refractivity contribution is -0.123. The average molecular weight is 413 g/mol. The largest absolute Gasteiger partial charge is 0.346 e. The number of hydrogen-bond acceptors (Lipinski definition) is 5. The molecule has 7 nitrogen and oxygen atoms in total. The van der Waals surface area contributed by atoms with Gasteiger partial charge in [0.2, 0.25) is 11.8 Å². The second-order valence-corrected chi connectivity index (χ2v) is 6.99. The molecule has 2 aromatic rings. The van der Waals surface area contributed by atoms with Crippen molar-refractivity contribution in [3.05, 3.63) is 48.1 Å². The minimum absolute atomic E-state index is 0.461. The Morgan fingerprint density at radius 2 is 2.00 bits per heavy atom. The second kappa shape index (κ2) is 9.40. The summed E-state index contributed by atoms with van der Waals surface area (Å²) in [5, 5.41) is 12.3. The summed E-state index contributed by atoms with van der Waals surface area (Å²) >= 11 is 1.15. The van der Waals surface area contributed by atoms with Gasteiger partial charge in [0, 0.05) is 6.54 Å². The third-order valence-electron chi connectivity index (χ3n) is 3.60. The second-order valence-electron chi connectivity index (χ2n) is 5.68. The van der Waals surface area contributed by atoms with Crippen molar-refractivity contribution < 1.29 is 22.8 Å². The van der Waals surface area contributed by atoms with Gasteiger partial charge in [0.25, 0.3) is 0 Å². The van der Waals surface area contributed by atoms with E-state index in [9.17, 15) is 22.8 Å². The third kappa shape index (κ3) is 5.12. The number of nitrogens with one attached hydrogen (secondary N) is 2. The Bertz CT molecular complexity index is 903. The zero-order valence-corrected chi connectivity index (χ0v) is 15.9. The van der Waals surface area contributed by atoms with Crippen LogP contribution in [0.25, 0.3) is 0 Å². The molecule has 1 unspecified atom stereocenters. The van der Waals surface area contributed by atoms with Gasteiger partial charge in [0.1, 0.15) is 5.82 Å². The Labute approximate surface area is 163 Å². The maximum atomic E-state index is 13.6. The predicted molar refractivity (Wildman–Crippen MR) is 98.2 cm³/mol. The van der Waals surface area contributed by atoms with Crippen LogP contribution in [0.1, 0.15) is 12.7 Å². The summed E-state index contributed by atoms with van der Waals surface area (Å²) in [5.74, 6) is -5.15. The summed E-state index contributed by atoms with van der Waals surface area (Å²) in [6, 6.07) is 1.58. The molecule has 2 rings (SSSR count). The maximum absolute atomic E-state index is 13.6. The summed E-state index contributed by atoms with van der Waals surface area (Å²) in [6.07, 6.45) is 1.67. The van der Waals surface area contributed by atoms with Crippen molar-refractivity contribution in [1.29, 1.82) is 0 Å². The van der Waals surface area contributed by atoms with Gasteiger partial charge in [-0.3, -0.25) is 9.59 Å². The van der Waals surface area contributed by atoms with Crippen molar-refractivity contribution in [2.45, 2.75) is 30.8 Å². The van der Waals surface area contributed by atoms with Crippen molar-refractivity contribution >= 4 is 29.3 Å². The summed E-state index contributed by atoms with van der Waals surface area (Å²) in [7, 11) is 0. The molecule has 150 valence electrons. The van der Waals surface area contributed by atoms with Gasteiger partial charge in [-0.05, 0) is 26.0 Å². The van der Waals surface area contributed by atoms with Crippen molar-refractivity contribution in [3.8, 4) is 0 Å². The fraction of sp³-hybridized carbons (Fsp3) is 0.294. The minimum Gasteiger partial charge on any atom is -0.346 e. The molecule has 0 saturated carbocycles. The molecule has 0 fully saturated rings. The molecule has 1 atom stereocenters. The average Bonchev–Trinajstić information content (AvgIpc) is 3.00. The van der Waals surface area contributed by atoms with Crippen molar-refractivity contribution in [2.24, 2.45) is 0 Å². The third-order valence-corrected chi connectivity index (χ3v) is 4.68. The molecular formula is C17H18F3N5O2S. The van der Waals surface area contributed by atoms with Crippen molar-refractivity contribution in [1.82, 2.24) is 20.1 Å². The monoisotopic (exact) mass is 413 g/mol. The highest BCUT2D eigenvalue weighted by Crippen LogP contribution is 2.22. The number of rotatable bonds is 8. The van der Waals surface area contributed by atoms with E-state index in [4.69, 9.17) is 0 Å². The van der Waals surface area contributed by atoms with Crippen LogP contribution in [-0.4, -0.2) is 38.4 Å². The first-order chi connectivity index (χ1) is 13.2. The van der Waals surface area contributed by atoms with Gasteiger partial charge in [-0.25, -0.2) is 13.2 Å². The molecular weight excluding hydrogens is 395 g/mol. The fourth-order valence-corrected chi connectivity index (χ4v) is 3.06. The number of thioether (sulfide) groups is 1. The maximum Gasteiger partial charge on any atom is 0.243 e. The van der Waals surface area contributed by atoms with Gasteiger partial charge in [0.05, 0.1) is 17.5 Å². The SMILES string of the molecule is C=CCn1c(C)nnc1SC(C)C(=O)NCC(=O)Nc1ccc(F)c(F)c1F. The van der Waals surface area contributed by atoms with E-state index in [1.54, 1.807) is 24.5 Å². The molecule has 0 radical (unpaired) electrons. The summed E-state index contributed by atoms with van der Waals surface area (Å²) in [4.78, 5) is 24.0. The van der Waals surface area contributed by atoms with E-state index in [1.807, 2.05) is 0 Å². The van der Waals surface area contributed by atoms with Crippen LogP contribution in [-0.2, 0) is 16.1 Å². The molecule has 2 amide bonds. The quantitative estimate of drug-likeness (QED) is 0.394. The Morgan fingerprint density at radius 3 is 2.68 bits per heavy atom. The number of amides is 2. The number of aromatic nitrogens is 3. The highest BCUT2D eigenvalue weighted by Gasteiger charge is 2.20. The van der Waals surface area contributed by atoms with Crippen LogP contribution >= 0.6 is 11.8 Å². The molecule has 0 bridgehead atoms. The van der Waals surface area contributed by atoms with E-state index in [2.05, 4.69) is 27.4 Å². The molecule has 1 aromatic heterocycles. The van der Waals surface area contributed by atoms with Crippen LogP contribution in [0, 0.1) is 24.4 Å². The summed E-state index contributed by atoms with van der Waals surface area (Å²) < 4.78 is 41.4. The first-order valence-electron chi connectivity index (χ1n) is 8.13. The number of allylic oxidation sites excluding steroid dienone is 1. The zero-order chi connectivity index (χ0) is 20.8. The molecule has 0 spiro atoms. The van der Waals surface area contributed by atoms with E-state index in [0.29, 0.717) is 23.6 Å². The van der Waals surface area contributed by atoms with Gasteiger partial charge in [0.15, 0.2) is 22.6 Å². The van der Waals surface area contributed by atoms with Crippen LogP contribution in [0.3, 0.4) is 0 Å². The number of benzene rings is 1.